The van der Waals surface area contributed by atoms with E-state index in [1.807, 2.05) is 0 Å². The fourth-order valence-corrected chi connectivity index (χ4v) is 2.73. The summed E-state index contributed by atoms with van der Waals surface area (Å²) in [5.74, 6) is 0. The second kappa shape index (κ2) is 8.39. The van der Waals surface area contributed by atoms with Crippen LogP contribution >= 0.6 is 0 Å². The van der Waals surface area contributed by atoms with Crippen LogP contribution in [0.15, 0.2) is 49.6 Å². The van der Waals surface area contributed by atoms with Gasteiger partial charge in [0.25, 0.3) is 0 Å². The normalized spacial score (nSPS) is 14.0. The number of rotatable bonds is 7. The van der Waals surface area contributed by atoms with E-state index in [-0.39, 0.29) is 6.03 Å². The number of benzene rings is 1. The second-order valence-corrected chi connectivity index (χ2v) is 5.51. The molecule has 0 aliphatic carbocycles. The Morgan fingerprint density at radius 1 is 1.23 bits per heavy atom. The number of urea groups is 1. The Bertz CT molecular complexity index is 517. The van der Waals surface area contributed by atoms with Crippen molar-refractivity contribution in [3.63, 3.8) is 0 Å². The summed E-state index contributed by atoms with van der Waals surface area (Å²) in [6, 6.07) is 8.53. The fraction of sp³-hybridized carbons (Fsp3) is 0.389. The first-order valence-electron chi connectivity index (χ1n) is 7.78. The zero-order chi connectivity index (χ0) is 15.8. The molecule has 1 aliphatic rings. The van der Waals surface area contributed by atoms with Gasteiger partial charge in [0.2, 0.25) is 0 Å². The highest BCUT2D eigenvalue weighted by Crippen LogP contribution is 2.17. The van der Waals surface area contributed by atoms with Gasteiger partial charge in [-0.05, 0) is 17.5 Å². The van der Waals surface area contributed by atoms with E-state index in [1.54, 1.807) is 17.1 Å². The highest BCUT2D eigenvalue weighted by atomic mass is 16.2. The number of fused-ring (bicyclic) bond motifs is 1. The Morgan fingerprint density at radius 2 is 1.91 bits per heavy atom. The summed E-state index contributed by atoms with van der Waals surface area (Å²) in [6.07, 6.45) is 4.54. The van der Waals surface area contributed by atoms with E-state index in [1.165, 1.54) is 11.1 Å². The molecule has 118 valence electrons. The molecule has 0 saturated carbocycles. The molecule has 1 aliphatic heterocycles. The van der Waals surface area contributed by atoms with E-state index >= 15 is 0 Å². The smallest absolute Gasteiger partial charge is 0.318 e. The monoisotopic (exact) mass is 299 g/mol. The lowest BCUT2D eigenvalue weighted by Gasteiger charge is -2.29. The Hall–Kier alpha value is -2.07. The average molecular weight is 299 g/mol. The zero-order valence-electron chi connectivity index (χ0n) is 13.1. The minimum Gasteiger partial charge on any atom is -0.337 e. The molecule has 0 spiro atoms. The molecule has 0 saturated heterocycles. The number of nitrogens with one attached hydrogen (secondary N) is 1. The van der Waals surface area contributed by atoms with Crippen molar-refractivity contribution in [3.05, 3.63) is 60.7 Å². The maximum atomic E-state index is 12.1. The van der Waals surface area contributed by atoms with Gasteiger partial charge in [-0.15, -0.1) is 13.2 Å². The van der Waals surface area contributed by atoms with Gasteiger partial charge in [-0.25, -0.2) is 4.79 Å². The SMILES string of the molecule is C=CCN(CC=C)C(=O)NCCN1CCc2ccccc2C1. The average Bonchev–Trinajstić information content (AvgIpc) is 2.54. The first kappa shape index (κ1) is 16.3. The van der Waals surface area contributed by atoms with Crippen LogP contribution in [0.3, 0.4) is 0 Å². The number of amides is 2. The van der Waals surface area contributed by atoms with Crippen LogP contribution in [0.5, 0.6) is 0 Å². The minimum atomic E-state index is -0.0581. The van der Waals surface area contributed by atoms with E-state index in [0.717, 1.165) is 26.1 Å². The molecule has 0 unspecified atom stereocenters. The van der Waals surface area contributed by atoms with Crippen molar-refractivity contribution in [2.24, 2.45) is 0 Å². The summed E-state index contributed by atoms with van der Waals surface area (Å²) < 4.78 is 0. The molecule has 22 heavy (non-hydrogen) atoms. The van der Waals surface area contributed by atoms with Gasteiger partial charge >= 0.3 is 6.03 Å². The predicted molar refractivity (Wildman–Crippen MR) is 90.8 cm³/mol. The number of carbonyl (C=O) groups excluding carboxylic acids is 1. The molecular weight excluding hydrogens is 274 g/mol. The number of carbonyl (C=O) groups is 1. The van der Waals surface area contributed by atoms with Crippen molar-refractivity contribution in [2.75, 3.05) is 32.7 Å². The van der Waals surface area contributed by atoms with Gasteiger partial charge < -0.3 is 10.2 Å². The molecule has 0 aromatic heterocycles. The summed E-state index contributed by atoms with van der Waals surface area (Å²) in [4.78, 5) is 16.1. The standard InChI is InChI=1S/C18H25N3O/c1-3-11-21(12-4-2)18(22)19-10-14-20-13-9-16-7-5-6-8-17(16)15-20/h3-8H,1-2,9-15H2,(H,19,22). The summed E-state index contributed by atoms with van der Waals surface area (Å²) >= 11 is 0. The first-order valence-corrected chi connectivity index (χ1v) is 7.78. The lowest BCUT2D eigenvalue weighted by atomic mass is 10.00. The first-order chi connectivity index (χ1) is 10.7. The molecule has 1 heterocycles. The van der Waals surface area contributed by atoms with Crippen molar-refractivity contribution >= 4 is 6.03 Å². The molecule has 1 aromatic carbocycles. The van der Waals surface area contributed by atoms with Gasteiger partial charge in [0.05, 0.1) is 0 Å². The van der Waals surface area contributed by atoms with Crippen LogP contribution in [0.4, 0.5) is 4.79 Å². The lowest BCUT2D eigenvalue weighted by molar-refractivity contribution is 0.203. The fourth-order valence-electron chi connectivity index (χ4n) is 2.73. The number of hydrogen-bond donors (Lipinski definition) is 1. The number of nitrogens with zero attached hydrogens (tertiary/aromatic N) is 2. The Morgan fingerprint density at radius 3 is 2.59 bits per heavy atom. The minimum absolute atomic E-state index is 0.0581. The van der Waals surface area contributed by atoms with Crippen LogP contribution in [0.1, 0.15) is 11.1 Å². The molecule has 0 fully saturated rings. The quantitative estimate of drug-likeness (QED) is 0.785. The molecule has 1 aromatic rings. The molecular formula is C18H25N3O. The zero-order valence-corrected chi connectivity index (χ0v) is 13.1. The van der Waals surface area contributed by atoms with Crippen molar-refractivity contribution in [3.8, 4) is 0 Å². The summed E-state index contributed by atoms with van der Waals surface area (Å²) in [5.41, 5.74) is 2.85. The van der Waals surface area contributed by atoms with Gasteiger partial charge in [-0.2, -0.15) is 0 Å². The molecule has 4 heteroatoms. The Balaban J connectivity index is 1.76. The summed E-state index contributed by atoms with van der Waals surface area (Å²) in [5, 5.41) is 2.97. The summed E-state index contributed by atoms with van der Waals surface area (Å²) in [7, 11) is 0. The highest BCUT2D eigenvalue weighted by molar-refractivity contribution is 5.74. The van der Waals surface area contributed by atoms with Crippen molar-refractivity contribution < 1.29 is 4.79 Å². The van der Waals surface area contributed by atoms with Crippen molar-refractivity contribution in [1.29, 1.82) is 0 Å². The van der Waals surface area contributed by atoms with Gasteiger partial charge in [0, 0.05) is 39.3 Å². The van der Waals surface area contributed by atoms with Crippen molar-refractivity contribution in [1.82, 2.24) is 15.1 Å². The largest absolute Gasteiger partial charge is 0.337 e. The van der Waals surface area contributed by atoms with Crippen LogP contribution < -0.4 is 5.32 Å². The third-order valence-corrected chi connectivity index (χ3v) is 3.90. The van der Waals surface area contributed by atoms with E-state index in [9.17, 15) is 4.79 Å². The third-order valence-electron chi connectivity index (χ3n) is 3.90. The van der Waals surface area contributed by atoms with E-state index in [2.05, 4.69) is 47.6 Å². The van der Waals surface area contributed by atoms with E-state index in [4.69, 9.17) is 0 Å². The molecule has 1 N–H and O–H groups in total. The van der Waals surface area contributed by atoms with Crippen molar-refractivity contribution in [2.45, 2.75) is 13.0 Å². The van der Waals surface area contributed by atoms with Gasteiger partial charge in [-0.1, -0.05) is 36.4 Å². The molecule has 0 radical (unpaired) electrons. The number of hydrogen-bond acceptors (Lipinski definition) is 2. The maximum absolute atomic E-state index is 12.1. The Labute approximate surface area is 133 Å². The van der Waals surface area contributed by atoms with Crippen LogP contribution in [0.2, 0.25) is 0 Å². The molecule has 0 atom stereocenters. The van der Waals surface area contributed by atoms with Gasteiger partial charge in [-0.3, -0.25) is 4.90 Å². The van der Waals surface area contributed by atoms with Crippen LogP contribution in [0.25, 0.3) is 0 Å². The summed E-state index contributed by atoms with van der Waals surface area (Å²) in [6.45, 7) is 12.0. The second-order valence-electron chi connectivity index (χ2n) is 5.51. The third kappa shape index (κ3) is 4.46. The Kier molecular flexibility index (Phi) is 6.22. The predicted octanol–water partition coefficient (Wildman–Crippen LogP) is 2.43. The van der Waals surface area contributed by atoms with Crippen LogP contribution in [-0.4, -0.2) is 48.6 Å². The molecule has 2 amide bonds. The van der Waals surface area contributed by atoms with Crippen LogP contribution in [-0.2, 0) is 13.0 Å². The van der Waals surface area contributed by atoms with Gasteiger partial charge in [0.15, 0.2) is 0 Å². The molecule has 4 nitrogen and oxygen atoms in total. The molecule has 0 bridgehead atoms. The highest BCUT2D eigenvalue weighted by Gasteiger charge is 2.16. The topological polar surface area (TPSA) is 35.6 Å². The lowest BCUT2D eigenvalue weighted by Crippen LogP contribution is -2.44. The van der Waals surface area contributed by atoms with Gasteiger partial charge in [0.1, 0.15) is 0 Å². The van der Waals surface area contributed by atoms with E-state index in [0.29, 0.717) is 19.6 Å². The maximum Gasteiger partial charge on any atom is 0.318 e. The van der Waals surface area contributed by atoms with E-state index < -0.39 is 0 Å². The molecule has 2 rings (SSSR count). The van der Waals surface area contributed by atoms with Crippen LogP contribution in [0, 0.1) is 0 Å².